The number of methoxy groups -OCH3 is 2. The number of benzene rings is 1. The van der Waals surface area contributed by atoms with Crippen LogP contribution in [0.15, 0.2) is 18.2 Å². The van der Waals surface area contributed by atoms with Crippen molar-refractivity contribution >= 4 is 5.97 Å². The van der Waals surface area contributed by atoms with Gasteiger partial charge < -0.3 is 19.3 Å². The number of aliphatic carboxylic acids is 1. The van der Waals surface area contributed by atoms with Gasteiger partial charge in [-0.25, -0.2) is 0 Å². The molecule has 1 fully saturated rings. The highest BCUT2D eigenvalue weighted by atomic mass is 16.5. The molecule has 0 amide bonds. The van der Waals surface area contributed by atoms with E-state index in [1.807, 2.05) is 18.2 Å². The zero-order valence-electron chi connectivity index (χ0n) is 12.4. The first kappa shape index (κ1) is 15.6. The normalized spacial score (nSPS) is 17.2. The van der Waals surface area contributed by atoms with Crippen molar-refractivity contribution in [1.29, 1.82) is 0 Å². The van der Waals surface area contributed by atoms with E-state index in [2.05, 4.69) is 4.90 Å². The first-order valence-corrected chi connectivity index (χ1v) is 6.91. The van der Waals surface area contributed by atoms with E-state index in [9.17, 15) is 9.90 Å². The van der Waals surface area contributed by atoms with Gasteiger partial charge >= 0.3 is 5.97 Å². The van der Waals surface area contributed by atoms with Gasteiger partial charge in [-0.05, 0) is 17.7 Å². The molecule has 116 valence electrons. The lowest BCUT2D eigenvalue weighted by atomic mass is 10.0. The van der Waals surface area contributed by atoms with E-state index in [1.165, 1.54) is 0 Å². The summed E-state index contributed by atoms with van der Waals surface area (Å²) in [5, 5.41) is 9.19. The van der Waals surface area contributed by atoms with E-state index in [0.29, 0.717) is 24.7 Å². The summed E-state index contributed by atoms with van der Waals surface area (Å²) in [6.07, 6.45) is 0.0511. The summed E-state index contributed by atoms with van der Waals surface area (Å²) in [6.45, 7) is 2.71. The molecule has 0 bridgehead atoms. The van der Waals surface area contributed by atoms with Crippen LogP contribution >= 0.6 is 0 Å². The van der Waals surface area contributed by atoms with Crippen molar-refractivity contribution in [2.24, 2.45) is 0 Å². The molecule has 6 nitrogen and oxygen atoms in total. The van der Waals surface area contributed by atoms with E-state index in [0.717, 1.165) is 18.7 Å². The van der Waals surface area contributed by atoms with Crippen molar-refractivity contribution in [3.8, 4) is 11.5 Å². The van der Waals surface area contributed by atoms with Gasteiger partial charge in [-0.1, -0.05) is 6.07 Å². The van der Waals surface area contributed by atoms with E-state index >= 15 is 0 Å². The van der Waals surface area contributed by atoms with Crippen molar-refractivity contribution < 1.29 is 24.1 Å². The number of carboxylic acids is 1. The molecule has 1 saturated heterocycles. The minimum Gasteiger partial charge on any atom is -0.493 e. The number of ether oxygens (including phenoxy) is 3. The molecular weight excluding hydrogens is 274 g/mol. The Balaban J connectivity index is 2.28. The SMILES string of the molecule is COc1ccc(C(CC(=O)O)N2CCOCC2)cc1OC. The molecule has 1 heterocycles. The molecule has 1 aliphatic heterocycles. The topological polar surface area (TPSA) is 68.2 Å². The fourth-order valence-corrected chi connectivity index (χ4v) is 2.57. The minimum absolute atomic E-state index is 0.0511. The lowest BCUT2D eigenvalue weighted by molar-refractivity contribution is -0.139. The molecule has 1 aromatic carbocycles. The Morgan fingerprint density at radius 2 is 1.95 bits per heavy atom. The predicted octanol–water partition coefficient (Wildman–Crippen LogP) is 1.55. The molecule has 2 rings (SSSR count). The molecule has 0 spiro atoms. The Kier molecular flexibility index (Phi) is 5.41. The first-order chi connectivity index (χ1) is 10.2. The highest BCUT2D eigenvalue weighted by Gasteiger charge is 2.25. The highest BCUT2D eigenvalue weighted by Crippen LogP contribution is 2.33. The van der Waals surface area contributed by atoms with Crippen LogP contribution in [0.4, 0.5) is 0 Å². The molecule has 1 atom stereocenters. The van der Waals surface area contributed by atoms with Crippen LogP contribution in [0.2, 0.25) is 0 Å². The summed E-state index contributed by atoms with van der Waals surface area (Å²) in [5.74, 6) is 0.428. The molecule has 1 N–H and O–H groups in total. The third-order valence-electron chi connectivity index (χ3n) is 3.65. The minimum atomic E-state index is -0.818. The lowest BCUT2D eigenvalue weighted by Gasteiger charge is -2.34. The summed E-state index contributed by atoms with van der Waals surface area (Å²) < 4.78 is 15.9. The van der Waals surface area contributed by atoms with Gasteiger partial charge in [0.15, 0.2) is 11.5 Å². The van der Waals surface area contributed by atoms with E-state index in [4.69, 9.17) is 14.2 Å². The van der Waals surface area contributed by atoms with Crippen LogP contribution in [-0.2, 0) is 9.53 Å². The van der Waals surface area contributed by atoms with E-state index in [-0.39, 0.29) is 12.5 Å². The van der Waals surface area contributed by atoms with Gasteiger partial charge in [0.2, 0.25) is 0 Å². The Hall–Kier alpha value is -1.79. The first-order valence-electron chi connectivity index (χ1n) is 6.91. The molecule has 21 heavy (non-hydrogen) atoms. The van der Waals surface area contributed by atoms with Crippen LogP contribution in [0.1, 0.15) is 18.0 Å². The van der Waals surface area contributed by atoms with E-state index in [1.54, 1.807) is 14.2 Å². The Labute approximate surface area is 124 Å². The summed E-state index contributed by atoms with van der Waals surface area (Å²) in [6, 6.07) is 5.36. The largest absolute Gasteiger partial charge is 0.493 e. The van der Waals surface area contributed by atoms with Crippen molar-refractivity contribution in [1.82, 2.24) is 4.90 Å². The van der Waals surface area contributed by atoms with E-state index < -0.39 is 5.97 Å². The third kappa shape index (κ3) is 3.86. The average molecular weight is 295 g/mol. The third-order valence-corrected chi connectivity index (χ3v) is 3.65. The van der Waals surface area contributed by atoms with Crippen molar-refractivity contribution in [2.75, 3.05) is 40.5 Å². The zero-order chi connectivity index (χ0) is 15.2. The fourth-order valence-electron chi connectivity index (χ4n) is 2.57. The maximum Gasteiger partial charge on any atom is 0.305 e. The smallest absolute Gasteiger partial charge is 0.305 e. The van der Waals surface area contributed by atoms with Crippen LogP contribution in [0, 0.1) is 0 Å². The van der Waals surface area contributed by atoms with Gasteiger partial charge in [0.25, 0.3) is 0 Å². The summed E-state index contributed by atoms with van der Waals surface area (Å²) >= 11 is 0. The molecule has 0 aromatic heterocycles. The zero-order valence-corrected chi connectivity index (χ0v) is 12.4. The maximum absolute atomic E-state index is 11.2. The highest BCUT2D eigenvalue weighted by molar-refractivity contribution is 5.68. The quantitative estimate of drug-likeness (QED) is 0.859. The predicted molar refractivity (Wildman–Crippen MR) is 76.9 cm³/mol. The second kappa shape index (κ2) is 7.28. The standard InChI is InChI=1S/C15H21NO5/c1-19-13-4-3-11(9-14(13)20-2)12(10-15(17)18)16-5-7-21-8-6-16/h3-4,9,12H,5-8,10H2,1-2H3,(H,17,18). The monoisotopic (exact) mass is 295 g/mol. The van der Waals surface area contributed by atoms with Gasteiger partial charge in [-0.15, -0.1) is 0 Å². The maximum atomic E-state index is 11.2. The number of carboxylic acid groups (broad SMARTS) is 1. The molecule has 1 aliphatic rings. The molecular formula is C15H21NO5. The average Bonchev–Trinajstić information content (AvgIpc) is 2.52. The second-order valence-corrected chi connectivity index (χ2v) is 4.88. The van der Waals surface area contributed by atoms with Crippen molar-refractivity contribution in [3.05, 3.63) is 23.8 Å². The van der Waals surface area contributed by atoms with Gasteiger partial charge in [0.1, 0.15) is 0 Å². The van der Waals surface area contributed by atoms with Gasteiger partial charge in [0, 0.05) is 19.1 Å². The fraction of sp³-hybridized carbons (Fsp3) is 0.533. The Morgan fingerprint density at radius 3 is 2.52 bits per heavy atom. The second-order valence-electron chi connectivity index (χ2n) is 4.88. The molecule has 1 unspecified atom stereocenters. The molecule has 0 aliphatic carbocycles. The molecule has 0 saturated carbocycles. The number of carbonyl (C=O) groups is 1. The molecule has 1 aromatic rings. The number of rotatable bonds is 6. The summed E-state index contributed by atoms with van der Waals surface area (Å²) in [5.41, 5.74) is 0.914. The van der Waals surface area contributed by atoms with Gasteiger partial charge in [-0.3, -0.25) is 9.69 Å². The van der Waals surface area contributed by atoms with Crippen LogP contribution in [-0.4, -0.2) is 56.5 Å². The molecule has 0 radical (unpaired) electrons. The van der Waals surface area contributed by atoms with Crippen LogP contribution in [0.3, 0.4) is 0 Å². The lowest BCUT2D eigenvalue weighted by Crippen LogP contribution is -2.39. The Bertz CT molecular complexity index is 485. The summed E-state index contributed by atoms with van der Waals surface area (Å²) in [7, 11) is 3.15. The number of hydrogen-bond acceptors (Lipinski definition) is 5. The van der Waals surface area contributed by atoms with Crippen LogP contribution in [0.5, 0.6) is 11.5 Å². The summed E-state index contributed by atoms with van der Waals surface area (Å²) in [4.78, 5) is 13.3. The van der Waals surface area contributed by atoms with Crippen molar-refractivity contribution in [3.63, 3.8) is 0 Å². The molecule has 6 heteroatoms. The number of morpholine rings is 1. The van der Waals surface area contributed by atoms with Gasteiger partial charge in [0.05, 0.1) is 33.9 Å². The Morgan fingerprint density at radius 1 is 1.29 bits per heavy atom. The van der Waals surface area contributed by atoms with Crippen LogP contribution < -0.4 is 9.47 Å². The number of hydrogen-bond donors (Lipinski definition) is 1. The van der Waals surface area contributed by atoms with Crippen molar-refractivity contribution in [2.45, 2.75) is 12.5 Å². The van der Waals surface area contributed by atoms with Gasteiger partial charge in [-0.2, -0.15) is 0 Å². The van der Waals surface area contributed by atoms with Crippen LogP contribution in [0.25, 0.3) is 0 Å². The number of nitrogens with zero attached hydrogens (tertiary/aromatic N) is 1.